The van der Waals surface area contributed by atoms with Crippen LogP contribution in [0.2, 0.25) is 0 Å². The van der Waals surface area contributed by atoms with Crippen LogP contribution in [0.5, 0.6) is 0 Å². The number of hydrogen-bond acceptors (Lipinski definition) is 0. The van der Waals surface area contributed by atoms with Crippen molar-refractivity contribution in [2.24, 2.45) is 5.92 Å². The zero-order valence-corrected chi connectivity index (χ0v) is 7.72. The van der Waals surface area contributed by atoms with Crippen LogP contribution in [-0.4, -0.2) is 18.0 Å². The number of alkyl halides is 7. The molecule has 0 aromatic rings. The molecule has 0 unspecified atom stereocenters. The third kappa shape index (κ3) is 3.01. The Kier molecular flexibility index (Phi) is 3.67. The van der Waals surface area contributed by atoms with Crippen molar-refractivity contribution in [2.45, 2.75) is 31.9 Å². The minimum absolute atomic E-state index is 0.609. The second-order valence-electron chi connectivity index (χ2n) is 3.08. The first-order valence-electron chi connectivity index (χ1n) is 3.77. The molecule has 0 aliphatic carbocycles. The predicted octanol–water partition coefficient (Wildman–Crippen LogP) is 3.48. The highest BCUT2D eigenvalue weighted by atomic mass is 19.4. The van der Waals surface area contributed by atoms with Crippen LogP contribution in [0.3, 0.4) is 0 Å². The maximum atomic E-state index is 12.7. The fourth-order valence-electron chi connectivity index (χ4n) is 0.546. The van der Waals surface area contributed by atoms with E-state index in [0.717, 1.165) is 0 Å². The number of hydrogen-bond donors (Lipinski definition) is 0. The topological polar surface area (TPSA) is 0 Å². The van der Waals surface area contributed by atoms with Gasteiger partial charge in [-0.15, -0.1) is 0 Å². The highest BCUT2D eigenvalue weighted by Gasteiger charge is 2.72. The SMILES string of the molecule is CC(C)C#CC(F)(C(F)(F)F)C(F)(F)F. The van der Waals surface area contributed by atoms with Crippen molar-refractivity contribution in [1.29, 1.82) is 0 Å². The lowest BCUT2D eigenvalue weighted by atomic mass is 10.0. The molecule has 0 fully saturated rings. The molecule has 0 N–H and O–H groups in total. The summed E-state index contributed by atoms with van der Waals surface area (Å²) in [6.07, 6.45) is -12.2. The normalized spacial score (nSPS) is 13.7. The smallest absolute Gasteiger partial charge is 0.209 e. The van der Waals surface area contributed by atoms with Crippen molar-refractivity contribution >= 4 is 0 Å². The Hall–Kier alpha value is -0.930. The van der Waals surface area contributed by atoms with Gasteiger partial charge in [0.15, 0.2) is 0 Å². The molecule has 88 valence electrons. The Morgan fingerprint density at radius 3 is 1.33 bits per heavy atom. The van der Waals surface area contributed by atoms with Crippen molar-refractivity contribution in [3.05, 3.63) is 0 Å². The van der Waals surface area contributed by atoms with Gasteiger partial charge in [0.1, 0.15) is 0 Å². The molecule has 0 bridgehead atoms. The van der Waals surface area contributed by atoms with Crippen LogP contribution in [0, 0.1) is 17.8 Å². The van der Waals surface area contributed by atoms with E-state index in [-0.39, 0.29) is 0 Å². The second kappa shape index (κ2) is 3.91. The van der Waals surface area contributed by atoms with Gasteiger partial charge >= 0.3 is 18.0 Å². The maximum absolute atomic E-state index is 12.7. The third-order valence-electron chi connectivity index (χ3n) is 1.31. The molecule has 0 rings (SSSR count). The van der Waals surface area contributed by atoms with Gasteiger partial charge in [0.2, 0.25) is 0 Å². The minimum Gasteiger partial charge on any atom is -0.209 e. The zero-order valence-electron chi connectivity index (χ0n) is 7.72. The molecular formula is C8H7F7. The Morgan fingerprint density at radius 1 is 0.800 bits per heavy atom. The van der Waals surface area contributed by atoms with Gasteiger partial charge < -0.3 is 0 Å². The molecule has 0 nitrogen and oxygen atoms in total. The van der Waals surface area contributed by atoms with Crippen LogP contribution in [0.1, 0.15) is 13.8 Å². The lowest BCUT2D eigenvalue weighted by Crippen LogP contribution is -2.52. The van der Waals surface area contributed by atoms with Crippen molar-refractivity contribution in [3.63, 3.8) is 0 Å². The Morgan fingerprint density at radius 2 is 1.13 bits per heavy atom. The molecule has 0 aromatic heterocycles. The molecule has 0 saturated heterocycles. The summed E-state index contributed by atoms with van der Waals surface area (Å²) in [6, 6.07) is 0. The summed E-state index contributed by atoms with van der Waals surface area (Å²) >= 11 is 0. The molecule has 0 aliphatic heterocycles. The van der Waals surface area contributed by atoms with E-state index in [1.165, 1.54) is 19.8 Å². The van der Waals surface area contributed by atoms with Crippen LogP contribution in [0.15, 0.2) is 0 Å². The second-order valence-corrected chi connectivity index (χ2v) is 3.08. The summed E-state index contributed by atoms with van der Waals surface area (Å²) in [7, 11) is 0. The summed E-state index contributed by atoms with van der Waals surface area (Å²) < 4.78 is 83.9. The fraction of sp³-hybridized carbons (Fsp3) is 0.750. The highest BCUT2D eigenvalue weighted by molar-refractivity contribution is 5.21. The fourth-order valence-corrected chi connectivity index (χ4v) is 0.546. The van der Waals surface area contributed by atoms with Crippen LogP contribution >= 0.6 is 0 Å². The van der Waals surface area contributed by atoms with Crippen LogP contribution in [0.25, 0.3) is 0 Å². The molecule has 0 heterocycles. The van der Waals surface area contributed by atoms with Gasteiger partial charge in [0.05, 0.1) is 0 Å². The van der Waals surface area contributed by atoms with Crippen LogP contribution in [0.4, 0.5) is 30.7 Å². The van der Waals surface area contributed by atoms with Gasteiger partial charge in [-0.1, -0.05) is 19.8 Å². The first kappa shape index (κ1) is 14.1. The molecule has 0 radical (unpaired) electrons. The molecule has 0 atom stereocenters. The monoisotopic (exact) mass is 236 g/mol. The summed E-state index contributed by atoms with van der Waals surface area (Å²) in [5, 5.41) is 0. The molecule has 15 heavy (non-hydrogen) atoms. The standard InChI is InChI=1S/C8H7F7/c1-5(2)3-4-6(9,7(10,11)12)8(13,14)15/h5H,1-2H3. The number of rotatable bonds is 0. The first-order chi connectivity index (χ1) is 6.42. The molecule has 0 amide bonds. The first-order valence-corrected chi connectivity index (χ1v) is 3.77. The van der Waals surface area contributed by atoms with Gasteiger partial charge in [-0.25, -0.2) is 4.39 Å². The van der Waals surface area contributed by atoms with E-state index in [1.54, 1.807) is 0 Å². The molecule has 7 heteroatoms. The summed E-state index contributed by atoms with van der Waals surface area (Å²) in [4.78, 5) is 0. The summed E-state index contributed by atoms with van der Waals surface area (Å²) in [5.74, 6) is 1.36. The van der Waals surface area contributed by atoms with Gasteiger partial charge in [-0.3, -0.25) is 0 Å². The summed E-state index contributed by atoms with van der Waals surface area (Å²) in [6.45, 7) is 2.50. The molecular weight excluding hydrogens is 229 g/mol. The van der Waals surface area contributed by atoms with Crippen LogP contribution < -0.4 is 0 Å². The maximum Gasteiger partial charge on any atom is 0.443 e. The zero-order chi connectivity index (χ0) is 12.5. The van der Waals surface area contributed by atoms with E-state index in [2.05, 4.69) is 0 Å². The molecule has 0 aliphatic rings. The van der Waals surface area contributed by atoms with Crippen molar-refractivity contribution in [3.8, 4) is 11.8 Å². The Balaban J connectivity index is 5.38. The molecule has 0 saturated carbocycles. The van der Waals surface area contributed by atoms with E-state index >= 15 is 0 Å². The average Bonchev–Trinajstić information content (AvgIpc) is 1.95. The van der Waals surface area contributed by atoms with Crippen LogP contribution in [-0.2, 0) is 0 Å². The quantitative estimate of drug-likeness (QED) is 0.446. The van der Waals surface area contributed by atoms with Crippen molar-refractivity contribution < 1.29 is 30.7 Å². The lowest BCUT2D eigenvalue weighted by Gasteiger charge is -2.24. The average molecular weight is 236 g/mol. The van der Waals surface area contributed by atoms with E-state index < -0.39 is 23.9 Å². The molecule has 0 aromatic carbocycles. The Labute approximate surface area is 81.5 Å². The van der Waals surface area contributed by atoms with Gasteiger partial charge in [0, 0.05) is 5.92 Å². The molecule has 0 spiro atoms. The van der Waals surface area contributed by atoms with Gasteiger partial charge in [-0.05, 0) is 5.92 Å². The van der Waals surface area contributed by atoms with Gasteiger partial charge in [0.25, 0.3) is 0 Å². The summed E-state index contributed by atoms with van der Waals surface area (Å²) in [5.41, 5.74) is -5.45. The highest BCUT2D eigenvalue weighted by Crippen LogP contribution is 2.45. The van der Waals surface area contributed by atoms with E-state index in [1.807, 2.05) is 0 Å². The minimum atomic E-state index is -6.09. The third-order valence-corrected chi connectivity index (χ3v) is 1.31. The van der Waals surface area contributed by atoms with Gasteiger partial charge in [-0.2, -0.15) is 26.3 Å². The van der Waals surface area contributed by atoms with Crippen molar-refractivity contribution in [2.75, 3.05) is 0 Å². The Bertz CT molecular complexity index is 258. The number of halogens is 7. The van der Waals surface area contributed by atoms with E-state index in [4.69, 9.17) is 0 Å². The largest absolute Gasteiger partial charge is 0.443 e. The van der Waals surface area contributed by atoms with Crippen molar-refractivity contribution in [1.82, 2.24) is 0 Å². The van der Waals surface area contributed by atoms with E-state index in [0.29, 0.717) is 5.92 Å². The lowest BCUT2D eigenvalue weighted by molar-refractivity contribution is -0.318. The predicted molar refractivity (Wildman–Crippen MR) is 38.6 cm³/mol. The van der Waals surface area contributed by atoms with E-state index in [9.17, 15) is 30.7 Å².